The third kappa shape index (κ3) is 11.7. The maximum atomic E-state index is 9.73. The van der Waals surface area contributed by atoms with Crippen LogP contribution in [-0.4, -0.2) is 18.2 Å². The van der Waals surface area contributed by atoms with E-state index >= 15 is 0 Å². The van der Waals surface area contributed by atoms with Crippen molar-refractivity contribution in [2.24, 2.45) is 0 Å². The van der Waals surface area contributed by atoms with E-state index < -0.39 is 0 Å². The van der Waals surface area contributed by atoms with Crippen LogP contribution in [0.25, 0.3) is 0 Å². The monoisotopic (exact) mass is 396 g/mol. The van der Waals surface area contributed by atoms with Gasteiger partial charge in [0, 0.05) is 18.7 Å². The minimum atomic E-state index is 0.392. The second-order valence-electron chi connectivity index (χ2n) is 8.00. The van der Waals surface area contributed by atoms with Crippen LogP contribution in [0.3, 0.4) is 0 Å². The smallest absolute Gasteiger partial charge is 0.120 e. The highest BCUT2D eigenvalue weighted by molar-refractivity contribution is 5.31. The van der Waals surface area contributed by atoms with Crippen LogP contribution in [0.1, 0.15) is 75.3 Å². The number of phenolic OH excluding ortho intramolecular Hbond substituents is 1. The summed E-state index contributed by atoms with van der Waals surface area (Å²) >= 11 is 0. The molecule has 0 aliphatic rings. The highest BCUT2D eigenvalue weighted by atomic mass is 16.3. The Balaban J connectivity index is 1.27. The number of rotatable bonds is 17. The summed E-state index contributed by atoms with van der Waals surface area (Å²) in [5.41, 5.74) is 2.36. The van der Waals surface area contributed by atoms with Gasteiger partial charge in [0.25, 0.3) is 0 Å². The van der Waals surface area contributed by atoms with Gasteiger partial charge < -0.3 is 15.7 Å². The molecule has 3 heteroatoms. The first kappa shape index (κ1) is 23.4. The maximum absolute atomic E-state index is 9.73. The fourth-order valence-electron chi connectivity index (χ4n) is 3.63. The third-order valence-electron chi connectivity index (χ3n) is 5.44. The Kier molecular flexibility index (Phi) is 12.9. The normalized spacial score (nSPS) is 11.0. The number of aromatic hydroxyl groups is 1. The third-order valence-corrected chi connectivity index (χ3v) is 5.44. The van der Waals surface area contributed by atoms with Crippen LogP contribution in [0.5, 0.6) is 5.75 Å². The van der Waals surface area contributed by atoms with E-state index in [1.807, 2.05) is 18.2 Å². The molecule has 160 valence electrons. The van der Waals surface area contributed by atoms with Gasteiger partial charge >= 0.3 is 0 Å². The average molecular weight is 397 g/mol. The molecule has 3 nitrogen and oxygen atoms in total. The predicted molar refractivity (Wildman–Crippen MR) is 124 cm³/mol. The van der Waals surface area contributed by atoms with Crippen LogP contribution in [-0.2, 0) is 13.1 Å². The lowest BCUT2D eigenvalue weighted by atomic mass is 10.1. The Bertz CT molecular complexity index is 630. The van der Waals surface area contributed by atoms with Crippen molar-refractivity contribution in [2.75, 3.05) is 13.1 Å². The highest BCUT2D eigenvalue weighted by Crippen LogP contribution is 2.15. The molecule has 0 heterocycles. The molecule has 0 radical (unpaired) electrons. The fraction of sp³-hybridized carbons (Fsp3) is 0.538. The molecule has 0 spiro atoms. The van der Waals surface area contributed by atoms with Gasteiger partial charge in [-0.25, -0.2) is 0 Å². The number of nitrogens with one attached hydrogen (secondary N) is 2. The molecule has 2 rings (SSSR count). The van der Waals surface area contributed by atoms with Crippen molar-refractivity contribution in [3.05, 3.63) is 65.7 Å². The van der Waals surface area contributed by atoms with Crippen molar-refractivity contribution in [1.82, 2.24) is 10.6 Å². The second-order valence-corrected chi connectivity index (χ2v) is 8.00. The number of hydrogen-bond donors (Lipinski definition) is 3. The van der Waals surface area contributed by atoms with Crippen molar-refractivity contribution in [3.8, 4) is 5.75 Å². The standard InChI is InChI=1S/C26H40N2O/c29-26-19-13-12-18-25(26)23-28-21-15-8-6-4-2-1-3-5-7-14-20-27-22-24-16-10-9-11-17-24/h9-13,16-19,27-29H,1-8,14-15,20-23H2. The molecule has 0 atom stereocenters. The van der Waals surface area contributed by atoms with E-state index in [4.69, 9.17) is 0 Å². The van der Waals surface area contributed by atoms with Gasteiger partial charge in [-0.3, -0.25) is 0 Å². The summed E-state index contributed by atoms with van der Waals surface area (Å²) in [4.78, 5) is 0. The SMILES string of the molecule is Oc1ccccc1CNCCCCCCCCCCCCNCc1ccccc1. The molecule has 0 amide bonds. The topological polar surface area (TPSA) is 44.3 Å². The molecule has 0 bridgehead atoms. The first-order valence-electron chi connectivity index (χ1n) is 11.6. The van der Waals surface area contributed by atoms with Crippen LogP contribution >= 0.6 is 0 Å². The number of unbranched alkanes of at least 4 members (excludes halogenated alkanes) is 9. The maximum Gasteiger partial charge on any atom is 0.120 e. The van der Waals surface area contributed by atoms with Crippen LogP contribution in [0.4, 0.5) is 0 Å². The van der Waals surface area contributed by atoms with Gasteiger partial charge in [-0.1, -0.05) is 99.9 Å². The van der Waals surface area contributed by atoms with Crippen molar-refractivity contribution < 1.29 is 5.11 Å². The highest BCUT2D eigenvalue weighted by Gasteiger charge is 1.98. The molecule has 0 unspecified atom stereocenters. The molecule has 2 aromatic carbocycles. The van der Waals surface area contributed by atoms with Crippen molar-refractivity contribution in [1.29, 1.82) is 0 Å². The second kappa shape index (κ2) is 16.0. The molecular formula is C26H40N2O. The summed E-state index contributed by atoms with van der Waals surface area (Å²) < 4.78 is 0. The van der Waals surface area contributed by atoms with Gasteiger partial charge in [0.1, 0.15) is 5.75 Å². The zero-order valence-corrected chi connectivity index (χ0v) is 18.0. The van der Waals surface area contributed by atoms with E-state index in [9.17, 15) is 5.11 Å². The summed E-state index contributed by atoms with van der Waals surface area (Å²) in [6.45, 7) is 3.92. The Morgan fingerprint density at radius 2 is 1.00 bits per heavy atom. The first-order chi connectivity index (χ1) is 14.4. The summed E-state index contributed by atoms with van der Waals surface area (Å²) in [6, 6.07) is 18.2. The van der Waals surface area contributed by atoms with Gasteiger partial charge in [-0.05, 0) is 37.6 Å². The van der Waals surface area contributed by atoms with Gasteiger partial charge in [0.15, 0.2) is 0 Å². The number of hydrogen-bond acceptors (Lipinski definition) is 3. The molecule has 0 aliphatic heterocycles. The molecule has 0 saturated carbocycles. The summed E-state index contributed by atoms with van der Waals surface area (Å²) in [5, 5.41) is 16.7. The van der Waals surface area contributed by atoms with Crippen LogP contribution in [0.15, 0.2) is 54.6 Å². The lowest BCUT2D eigenvalue weighted by Gasteiger charge is -2.07. The van der Waals surface area contributed by atoms with E-state index in [-0.39, 0.29) is 0 Å². The molecule has 0 aromatic heterocycles. The number of para-hydroxylation sites is 1. The van der Waals surface area contributed by atoms with E-state index in [1.165, 1.54) is 69.8 Å². The Morgan fingerprint density at radius 3 is 1.59 bits per heavy atom. The summed E-state index contributed by atoms with van der Waals surface area (Å²) in [5.74, 6) is 0.392. The zero-order valence-electron chi connectivity index (χ0n) is 18.0. The van der Waals surface area contributed by atoms with E-state index in [1.54, 1.807) is 6.07 Å². The quantitative estimate of drug-likeness (QED) is 0.280. The Labute approximate surface area is 177 Å². The largest absolute Gasteiger partial charge is 0.508 e. The fourth-order valence-corrected chi connectivity index (χ4v) is 3.63. The van der Waals surface area contributed by atoms with Crippen molar-refractivity contribution >= 4 is 0 Å². The minimum absolute atomic E-state index is 0.392. The molecule has 2 aromatic rings. The first-order valence-corrected chi connectivity index (χ1v) is 11.6. The zero-order chi connectivity index (χ0) is 20.4. The average Bonchev–Trinajstić information content (AvgIpc) is 2.75. The van der Waals surface area contributed by atoms with Gasteiger partial charge in [0.2, 0.25) is 0 Å². The molecule has 0 aliphatic carbocycles. The van der Waals surface area contributed by atoms with Gasteiger partial charge in [0.05, 0.1) is 0 Å². The van der Waals surface area contributed by atoms with Crippen molar-refractivity contribution in [2.45, 2.75) is 77.3 Å². The molecular weight excluding hydrogens is 356 g/mol. The van der Waals surface area contributed by atoms with E-state index in [2.05, 4.69) is 41.0 Å². The Morgan fingerprint density at radius 1 is 0.517 bits per heavy atom. The summed E-state index contributed by atoms with van der Waals surface area (Å²) in [6.07, 6.45) is 13.4. The molecule has 0 fully saturated rings. The number of benzene rings is 2. The van der Waals surface area contributed by atoms with Crippen molar-refractivity contribution in [3.63, 3.8) is 0 Å². The number of phenols is 1. The summed E-state index contributed by atoms with van der Waals surface area (Å²) in [7, 11) is 0. The predicted octanol–water partition coefficient (Wildman–Crippen LogP) is 6.17. The Hall–Kier alpha value is -1.84. The van der Waals surface area contributed by atoms with Gasteiger partial charge in [-0.2, -0.15) is 0 Å². The molecule has 3 N–H and O–H groups in total. The molecule has 29 heavy (non-hydrogen) atoms. The lowest BCUT2D eigenvalue weighted by Crippen LogP contribution is -2.14. The van der Waals surface area contributed by atoms with E-state index in [0.29, 0.717) is 5.75 Å². The van der Waals surface area contributed by atoms with Crippen LogP contribution in [0.2, 0.25) is 0 Å². The minimum Gasteiger partial charge on any atom is -0.508 e. The lowest BCUT2D eigenvalue weighted by molar-refractivity contribution is 0.463. The molecule has 0 saturated heterocycles. The van der Waals surface area contributed by atoms with Crippen LogP contribution < -0.4 is 10.6 Å². The van der Waals surface area contributed by atoms with E-state index in [0.717, 1.165) is 31.7 Å². The van der Waals surface area contributed by atoms with Gasteiger partial charge in [-0.15, -0.1) is 0 Å². The van der Waals surface area contributed by atoms with Crippen LogP contribution in [0, 0.1) is 0 Å².